The molecule has 0 saturated heterocycles. The van der Waals surface area contributed by atoms with Crippen molar-refractivity contribution in [1.29, 1.82) is 0 Å². The quantitative estimate of drug-likeness (QED) is 0.628. The lowest BCUT2D eigenvalue weighted by atomic mass is 10.2. The van der Waals surface area contributed by atoms with Gasteiger partial charge in [0.2, 0.25) is 5.95 Å². The van der Waals surface area contributed by atoms with Crippen LogP contribution in [0.4, 0.5) is 35.0 Å². The van der Waals surface area contributed by atoms with Gasteiger partial charge in [-0.25, -0.2) is 9.37 Å². The lowest BCUT2D eigenvalue weighted by Gasteiger charge is -2.10. The van der Waals surface area contributed by atoms with Crippen molar-refractivity contribution in [2.75, 3.05) is 10.6 Å². The lowest BCUT2D eigenvalue weighted by molar-refractivity contribution is -0.137. The van der Waals surface area contributed by atoms with Gasteiger partial charge in [-0.2, -0.15) is 18.2 Å². The number of halogens is 4. The Hall–Kier alpha value is -3.16. The molecule has 1 aromatic heterocycles. The standard InChI is InChI=1S/C18H14F4N4/c19-15-4-2-1-3-12(15)11-24-17-23-10-9-16(26-17)25-14-7-5-13(6-8-14)18(20,21)22/h1-10H,11H2,(H2,23,24,25,26). The predicted octanol–water partition coefficient (Wildman–Crippen LogP) is 4.99. The van der Waals surface area contributed by atoms with E-state index in [-0.39, 0.29) is 18.3 Å². The van der Waals surface area contributed by atoms with Crippen molar-refractivity contribution in [1.82, 2.24) is 9.97 Å². The number of nitrogens with zero attached hydrogens (tertiary/aromatic N) is 2. The van der Waals surface area contributed by atoms with Gasteiger partial charge in [0.25, 0.3) is 0 Å². The Morgan fingerprint density at radius 2 is 1.65 bits per heavy atom. The maximum Gasteiger partial charge on any atom is 0.416 e. The highest BCUT2D eigenvalue weighted by Gasteiger charge is 2.29. The van der Waals surface area contributed by atoms with Gasteiger partial charge < -0.3 is 10.6 Å². The van der Waals surface area contributed by atoms with Gasteiger partial charge in [-0.3, -0.25) is 0 Å². The van der Waals surface area contributed by atoms with Gasteiger partial charge in [0, 0.05) is 24.0 Å². The molecule has 3 aromatic rings. The molecule has 8 heteroatoms. The topological polar surface area (TPSA) is 49.8 Å². The monoisotopic (exact) mass is 362 g/mol. The average Bonchev–Trinajstić information content (AvgIpc) is 2.61. The molecule has 1 heterocycles. The highest BCUT2D eigenvalue weighted by atomic mass is 19.4. The van der Waals surface area contributed by atoms with Gasteiger partial charge in [-0.05, 0) is 36.4 Å². The van der Waals surface area contributed by atoms with Crippen LogP contribution in [0, 0.1) is 5.82 Å². The molecular weight excluding hydrogens is 348 g/mol. The third kappa shape index (κ3) is 4.47. The largest absolute Gasteiger partial charge is 0.416 e. The van der Waals surface area contributed by atoms with E-state index in [4.69, 9.17) is 0 Å². The number of benzene rings is 2. The Bertz CT molecular complexity index is 879. The van der Waals surface area contributed by atoms with E-state index < -0.39 is 11.7 Å². The second-order valence-corrected chi connectivity index (χ2v) is 5.41. The fourth-order valence-electron chi connectivity index (χ4n) is 2.22. The summed E-state index contributed by atoms with van der Waals surface area (Å²) in [4.78, 5) is 8.24. The first-order valence-electron chi connectivity index (χ1n) is 7.66. The van der Waals surface area contributed by atoms with Crippen LogP contribution in [0.25, 0.3) is 0 Å². The SMILES string of the molecule is Fc1ccccc1CNc1nccc(Nc2ccc(C(F)(F)F)cc2)n1. The summed E-state index contributed by atoms with van der Waals surface area (Å²) in [7, 11) is 0. The summed E-state index contributed by atoms with van der Waals surface area (Å²) in [5.74, 6) is 0.333. The first-order chi connectivity index (χ1) is 12.4. The summed E-state index contributed by atoms with van der Waals surface area (Å²) in [5, 5.41) is 5.81. The molecule has 3 rings (SSSR count). The minimum atomic E-state index is -4.38. The highest BCUT2D eigenvalue weighted by molar-refractivity contribution is 5.57. The lowest BCUT2D eigenvalue weighted by Crippen LogP contribution is -2.06. The van der Waals surface area contributed by atoms with Crippen LogP contribution >= 0.6 is 0 Å². The fraction of sp³-hybridized carbons (Fsp3) is 0.111. The summed E-state index contributed by atoms with van der Waals surface area (Å²) in [6, 6.07) is 12.5. The minimum absolute atomic E-state index is 0.205. The normalized spacial score (nSPS) is 11.2. The molecule has 0 unspecified atom stereocenters. The number of aromatic nitrogens is 2. The van der Waals surface area contributed by atoms with E-state index in [0.717, 1.165) is 12.1 Å². The van der Waals surface area contributed by atoms with Crippen LogP contribution in [0.3, 0.4) is 0 Å². The molecule has 0 radical (unpaired) electrons. The van der Waals surface area contributed by atoms with Crippen LogP contribution in [-0.4, -0.2) is 9.97 Å². The van der Waals surface area contributed by atoms with Crippen LogP contribution in [0.5, 0.6) is 0 Å². The predicted molar refractivity (Wildman–Crippen MR) is 90.5 cm³/mol. The van der Waals surface area contributed by atoms with Gasteiger partial charge in [-0.15, -0.1) is 0 Å². The molecule has 0 spiro atoms. The van der Waals surface area contributed by atoms with Gasteiger partial charge in [0.05, 0.1) is 5.56 Å². The number of hydrogen-bond acceptors (Lipinski definition) is 4. The number of alkyl halides is 3. The number of nitrogens with one attached hydrogen (secondary N) is 2. The zero-order chi connectivity index (χ0) is 18.6. The second kappa shape index (κ2) is 7.38. The van der Waals surface area contributed by atoms with Crippen molar-refractivity contribution in [3.8, 4) is 0 Å². The summed E-state index contributed by atoms with van der Waals surface area (Å²) in [6.07, 6.45) is -2.89. The second-order valence-electron chi connectivity index (χ2n) is 5.41. The van der Waals surface area contributed by atoms with Crippen LogP contribution in [0.15, 0.2) is 60.8 Å². The van der Waals surface area contributed by atoms with E-state index in [9.17, 15) is 17.6 Å². The first kappa shape index (κ1) is 17.7. The zero-order valence-corrected chi connectivity index (χ0v) is 13.4. The van der Waals surface area contributed by atoms with E-state index in [1.54, 1.807) is 24.3 Å². The van der Waals surface area contributed by atoms with Crippen molar-refractivity contribution in [3.63, 3.8) is 0 Å². The summed E-state index contributed by atoms with van der Waals surface area (Å²) >= 11 is 0. The van der Waals surface area contributed by atoms with Crippen molar-refractivity contribution >= 4 is 17.5 Å². The van der Waals surface area contributed by atoms with E-state index in [2.05, 4.69) is 20.6 Å². The Balaban J connectivity index is 1.66. The maximum atomic E-state index is 13.6. The molecule has 0 saturated carbocycles. The smallest absolute Gasteiger partial charge is 0.350 e. The third-order valence-corrected chi connectivity index (χ3v) is 3.54. The summed E-state index contributed by atoms with van der Waals surface area (Å²) in [5.41, 5.74) is 0.201. The average molecular weight is 362 g/mol. The van der Waals surface area contributed by atoms with Gasteiger partial charge in [0.15, 0.2) is 0 Å². The van der Waals surface area contributed by atoms with Crippen molar-refractivity contribution in [3.05, 3.63) is 77.7 Å². The molecule has 0 aliphatic rings. The van der Waals surface area contributed by atoms with Crippen LogP contribution in [-0.2, 0) is 12.7 Å². The van der Waals surface area contributed by atoms with E-state index >= 15 is 0 Å². The van der Waals surface area contributed by atoms with E-state index in [1.165, 1.54) is 24.4 Å². The molecule has 0 aliphatic carbocycles. The van der Waals surface area contributed by atoms with Crippen LogP contribution < -0.4 is 10.6 Å². The Labute approximate surface area is 146 Å². The maximum absolute atomic E-state index is 13.6. The van der Waals surface area contributed by atoms with Crippen molar-refractivity contribution < 1.29 is 17.6 Å². The van der Waals surface area contributed by atoms with Gasteiger partial charge in [0.1, 0.15) is 11.6 Å². The van der Waals surface area contributed by atoms with E-state index in [1.807, 2.05) is 0 Å². The highest BCUT2D eigenvalue weighted by Crippen LogP contribution is 2.30. The minimum Gasteiger partial charge on any atom is -0.350 e. The molecule has 2 N–H and O–H groups in total. The van der Waals surface area contributed by atoms with Gasteiger partial charge >= 0.3 is 6.18 Å². The Morgan fingerprint density at radius 1 is 0.923 bits per heavy atom. The molecule has 2 aromatic carbocycles. The molecule has 0 aliphatic heterocycles. The number of anilines is 3. The number of hydrogen-bond donors (Lipinski definition) is 2. The summed E-state index contributed by atoms with van der Waals surface area (Å²) < 4.78 is 51.3. The Morgan fingerprint density at radius 3 is 2.35 bits per heavy atom. The number of rotatable bonds is 5. The molecule has 0 fully saturated rings. The van der Waals surface area contributed by atoms with Crippen molar-refractivity contribution in [2.45, 2.75) is 12.7 Å². The van der Waals surface area contributed by atoms with E-state index in [0.29, 0.717) is 17.1 Å². The van der Waals surface area contributed by atoms with Crippen LogP contribution in [0.1, 0.15) is 11.1 Å². The van der Waals surface area contributed by atoms with Gasteiger partial charge in [-0.1, -0.05) is 18.2 Å². The van der Waals surface area contributed by atoms with Crippen molar-refractivity contribution in [2.24, 2.45) is 0 Å². The molecule has 0 amide bonds. The molecule has 26 heavy (non-hydrogen) atoms. The molecule has 134 valence electrons. The molecule has 0 atom stereocenters. The summed E-state index contributed by atoms with van der Waals surface area (Å²) in [6.45, 7) is 0.205. The third-order valence-electron chi connectivity index (χ3n) is 3.54. The zero-order valence-electron chi connectivity index (χ0n) is 13.4. The molecule has 4 nitrogen and oxygen atoms in total. The van der Waals surface area contributed by atoms with Crippen LogP contribution in [0.2, 0.25) is 0 Å². The first-order valence-corrected chi connectivity index (χ1v) is 7.66. The fourth-order valence-corrected chi connectivity index (χ4v) is 2.22. The Kier molecular flexibility index (Phi) is 5.01. The molecule has 0 bridgehead atoms. The molecular formula is C18H14F4N4.